The summed E-state index contributed by atoms with van der Waals surface area (Å²) in [6.07, 6.45) is 2.45. The third-order valence-electron chi connectivity index (χ3n) is 3.08. The van der Waals surface area contributed by atoms with Gasteiger partial charge in [0.05, 0.1) is 13.7 Å². The largest absolute Gasteiger partial charge is 0.493 e. The van der Waals surface area contributed by atoms with Crippen molar-refractivity contribution in [2.75, 3.05) is 20.3 Å². The molecular formula is C15H21NO4. The molecule has 0 saturated heterocycles. The Bertz CT molecular complexity index is 457. The van der Waals surface area contributed by atoms with Crippen LogP contribution in [0.1, 0.15) is 25.3 Å². The van der Waals surface area contributed by atoms with Crippen molar-refractivity contribution in [3.05, 3.63) is 23.8 Å². The first-order valence-electron chi connectivity index (χ1n) is 6.92. The van der Waals surface area contributed by atoms with Gasteiger partial charge in [-0.25, -0.2) is 4.79 Å². The number of para-hydroxylation sites is 1. The van der Waals surface area contributed by atoms with E-state index in [2.05, 4.69) is 5.32 Å². The Labute approximate surface area is 119 Å². The van der Waals surface area contributed by atoms with E-state index in [-0.39, 0.29) is 12.6 Å². The molecule has 0 bridgehead atoms. The van der Waals surface area contributed by atoms with Crippen LogP contribution in [-0.4, -0.2) is 32.3 Å². The van der Waals surface area contributed by atoms with Crippen LogP contribution in [-0.2, 0) is 16.1 Å². The van der Waals surface area contributed by atoms with Crippen LogP contribution in [0.4, 0.5) is 0 Å². The summed E-state index contributed by atoms with van der Waals surface area (Å²) in [5, 5.41) is 3.43. The minimum absolute atomic E-state index is 0.107. The highest BCUT2D eigenvalue weighted by Crippen LogP contribution is 2.31. The average Bonchev–Trinajstić information content (AvgIpc) is 3.27. The van der Waals surface area contributed by atoms with Crippen molar-refractivity contribution in [2.45, 2.75) is 32.4 Å². The predicted octanol–water partition coefficient (Wildman–Crippen LogP) is 1.89. The maximum atomic E-state index is 11.4. The fraction of sp³-hybridized carbons (Fsp3) is 0.533. The van der Waals surface area contributed by atoms with Crippen molar-refractivity contribution in [3.63, 3.8) is 0 Å². The molecular weight excluding hydrogens is 258 g/mol. The van der Waals surface area contributed by atoms with Gasteiger partial charge in [-0.1, -0.05) is 12.1 Å². The van der Waals surface area contributed by atoms with Crippen LogP contribution < -0.4 is 14.8 Å². The number of hydrogen-bond acceptors (Lipinski definition) is 5. The third-order valence-corrected chi connectivity index (χ3v) is 3.08. The summed E-state index contributed by atoms with van der Waals surface area (Å²) in [5.74, 6) is 0.861. The summed E-state index contributed by atoms with van der Waals surface area (Å²) in [7, 11) is 1.59. The standard InChI is InChI=1S/C15H21NO4/c1-3-19-14(17)10-20-15-11(9-16-12-7-8-12)5-4-6-13(15)18-2/h4-6,12,16H,3,7-10H2,1-2H3. The lowest BCUT2D eigenvalue weighted by molar-refractivity contribution is -0.145. The Balaban J connectivity index is 2.03. The second-order valence-corrected chi connectivity index (χ2v) is 4.70. The molecule has 1 fully saturated rings. The Morgan fingerprint density at radius 1 is 1.40 bits per heavy atom. The zero-order valence-corrected chi connectivity index (χ0v) is 12.0. The van der Waals surface area contributed by atoms with E-state index in [0.29, 0.717) is 30.7 Å². The van der Waals surface area contributed by atoms with Crippen molar-refractivity contribution < 1.29 is 19.0 Å². The van der Waals surface area contributed by atoms with Gasteiger partial charge < -0.3 is 19.5 Å². The van der Waals surface area contributed by atoms with E-state index in [1.807, 2.05) is 18.2 Å². The molecule has 0 aromatic heterocycles. The number of nitrogens with one attached hydrogen (secondary N) is 1. The Morgan fingerprint density at radius 3 is 2.85 bits per heavy atom. The van der Waals surface area contributed by atoms with Crippen molar-refractivity contribution in [1.82, 2.24) is 5.32 Å². The normalized spacial score (nSPS) is 13.9. The van der Waals surface area contributed by atoms with Crippen molar-refractivity contribution in [2.24, 2.45) is 0 Å². The number of carbonyl (C=O) groups is 1. The molecule has 1 aromatic rings. The van der Waals surface area contributed by atoms with Crippen molar-refractivity contribution >= 4 is 5.97 Å². The first-order valence-corrected chi connectivity index (χ1v) is 6.92. The maximum absolute atomic E-state index is 11.4. The van der Waals surface area contributed by atoms with Gasteiger partial charge >= 0.3 is 5.97 Å². The average molecular weight is 279 g/mol. The minimum Gasteiger partial charge on any atom is -0.493 e. The number of benzene rings is 1. The molecule has 0 aliphatic heterocycles. The quantitative estimate of drug-likeness (QED) is 0.736. The molecule has 110 valence electrons. The molecule has 20 heavy (non-hydrogen) atoms. The van der Waals surface area contributed by atoms with E-state index in [4.69, 9.17) is 14.2 Å². The molecule has 0 spiro atoms. The van der Waals surface area contributed by atoms with Crippen LogP contribution in [0.25, 0.3) is 0 Å². The lowest BCUT2D eigenvalue weighted by atomic mass is 10.2. The van der Waals surface area contributed by atoms with Gasteiger partial charge in [0.2, 0.25) is 0 Å². The van der Waals surface area contributed by atoms with E-state index in [1.165, 1.54) is 12.8 Å². The number of hydrogen-bond donors (Lipinski definition) is 1. The Hall–Kier alpha value is -1.75. The number of rotatable bonds is 8. The van der Waals surface area contributed by atoms with Crippen LogP contribution >= 0.6 is 0 Å². The number of esters is 1. The highest BCUT2D eigenvalue weighted by molar-refractivity contribution is 5.71. The lowest BCUT2D eigenvalue weighted by Crippen LogP contribution is -2.18. The summed E-state index contributed by atoms with van der Waals surface area (Å²) in [4.78, 5) is 11.4. The molecule has 5 nitrogen and oxygen atoms in total. The van der Waals surface area contributed by atoms with Gasteiger partial charge in [-0.15, -0.1) is 0 Å². The maximum Gasteiger partial charge on any atom is 0.344 e. The first-order chi connectivity index (χ1) is 9.74. The Kier molecular flexibility index (Phi) is 5.24. The summed E-state index contributed by atoms with van der Waals surface area (Å²) < 4.78 is 15.7. The Morgan fingerprint density at radius 2 is 2.20 bits per heavy atom. The number of carbonyl (C=O) groups excluding carboxylic acids is 1. The van der Waals surface area contributed by atoms with Crippen LogP contribution in [0.15, 0.2) is 18.2 Å². The molecule has 0 heterocycles. The summed E-state index contributed by atoms with van der Waals surface area (Å²) in [6.45, 7) is 2.72. The van der Waals surface area contributed by atoms with E-state index < -0.39 is 0 Å². The van der Waals surface area contributed by atoms with Gasteiger partial charge in [-0.2, -0.15) is 0 Å². The monoisotopic (exact) mass is 279 g/mol. The molecule has 0 amide bonds. The van der Waals surface area contributed by atoms with Gasteiger partial charge in [-0.05, 0) is 25.8 Å². The van der Waals surface area contributed by atoms with Gasteiger partial charge in [0.25, 0.3) is 0 Å². The molecule has 1 saturated carbocycles. The molecule has 0 unspecified atom stereocenters. The number of ether oxygens (including phenoxy) is 3. The summed E-state index contributed by atoms with van der Waals surface area (Å²) in [6, 6.07) is 6.32. The summed E-state index contributed by atoms with van der Waals surface area (Å²) in [5.41, 5.74) is 0.987. The molecule has 1 aliphatic carbocycles. The molecule has 1 N–H and O–H groups in total. The van der Waals surface area contributed by atoms with Crippen LogP contribution in [0.2, 0.25) is 0 Å². The molecule has 5 heteroatoms. The SMILES string of the molecule is CCOC(=O)COc1c(CNC2CC2)cccc1OC. The zero-order chi connectivity index (χ0) is 14.4. The topological polar surface area (TPSA) is 56.8 Å². The minimum atomic E-state index is -0.375. The van der Waals surface area contributed by atoms with Crippen LogP contribution in [0.3, 0.4) is 0 Å². The second kappa shape index (κ2) is 7.14. The van der Waals surface area contributed by atoms with E-state index in [1.54, 1.807) is 14.0 Å². The first kappa shape index (κ1) is 14.7. The highest BCUT2D eigenvalue weighted by atomic mass is 16.6. The van der Waals surface area contributed by atoms with E-state index in [0.717, 1.165) is 5.56 Å². The van der Waals surface area contributed by atoms with E-state index in [9.17, 15) is 4.79 Å². The lowest BCUT2D eigenvalue weighted by Gasteiger charge is -2.15. The molecule has 0 atom stereocenters. The fourth-order valence-electron chi connectivity index (χ4n) is 1.90. The second-order valence-electron chi connectivity index (χ2n) is 4.70. The zero-order valence-electron chi connectivity index (χ0n) is 12.0. The smallest absolute Gasteiger partial charge is 0.344 e. The van der Waals surface area contributed by atoms with Gasteiger partial charge in [0, 0.05) is 18.2 Å². The van der Waals surface area contributed by atoms with Crippen LogP contribution in [0, 0.1) is 0 Å². The molecule has 2 rings (SSSR count). The highest BCUT2D eigenvalue weighted by Gasteiger charge is 2.21. The third kappa shape index (κ3) is 4.13. The number of methoxy groups -OCH3 is 1. The van der Waals surface area contributed by atoms with Crippen LogP contribution in [0.5, 0.6) is 11.5 Å². The predicted molar refractivity (Wildman–Crippen MR) is 75.0 cm³/mol. The fourth-order valence-corrected chi connectivity index (χ4v) is 1.90. The molecule has 1 aromatic carbocycles. The van der Waals surface area contributed by atoms with Gasteiger partial charge in [0.1, 0.15) is 0 Å². The van der Waals surface area contributed by atoms with Crippen molar-refractivity contribution in [1.29, 1.82) is 0 Å². The van der Waals surface area contributed by atoms with Gasteiger partial charge in [0.15, 0.2) is 18.1 Å². The van der Waals surface area contributed by atoms with Crippen molar-refractivity contribution in [3.8, 4) is 11.5 Å². The van der Waals surface area contributed by atoms with E-state index >= 15 is 0 Å². The summed E-state index contributed by atoms with van der Waals surface area (Å²) >= 11 is 0. The van der Waals surface area contributed by atoms with Gasteiger partial charge in [-0.3, -0.25) is 0 Å². The molecule has 0 radical (unpaired) electrons. The molecule has 1 aliphatic rings.